The quantitative estimate of drug-likeness (QED) is 0.859. The van der Waals surface area contributed by atoms with E-state index < -0.39 is 0 Å². The Labute approximate surface area is 121 Å². The van der Waals surface area contributed by atoms with Crippen LogP contribution in [-0.2, 0) is 0 Å². The molecule has 2 aliphatic rings. The molecule has 1 aromatic heterocycles. The minimum atomic E-state index is 0.524. The Bertz CT molecular complexity index is 408. The number of piperidine rings is 1. The topological polar surface area (TPSA) is 53.9 Å². The Balaban J connectivity index is 1.64. The highest BCUT2D eigenvalue weighted by atomic mass is 15.3. The van der Waals surface area contributed by atoms with Crippen molar-refractivity contribution < 1.29 is 0 Å². The summed E-state index contributed by atoms with van der Waals surface area (Å²) < 4.78 is 0. The van der Waals surface area contributed by atoms with Gasteiger partial charge < -0.3 is 10.2 Å². The maximum atomic E-state index is 4.66. The molecule has 1 saturated carbocycles. The molecule has 1 aliphatic heterocycles. The summed E-state index contributed by atoms with van der Waals surface area (Å²) >= 11 is 0. The molecular weight excluding hydrogens is 250 g/mol. The van der Waals surface area contributed by atoms with Crippen LogP contribution in [0.2, 0.25) is 0 Å². The van der Waals surface area contributed by atoms with Crippen molar-refractivity contribution in [3.05, 3.63) is 6.20 Å². The van der Waals surface area contributed by atoms with Gasteiger partial charge in [-0.2, -0.15) is 10.1 Å². The van der Waals surface area contributed by atoms with Gasteiger partial charge in [-0.3, -0.25) is 0 Å². The first-order valence-electron chi connectivity index (χ1n) is 8.13. The van der Waals surface area contributed by atoms with Crippen molar-refractivity contribution in [3.8, 4) is 0 Å². The van der Waals surface area contributed by atoms with Crippen molar-refractivity contribution in [2.75, 3.05) is 23.3 Å². The van der Waals surface area contributed by atoms with E-state index in [0.29, 0.717) is 12.0 Å². The maximum absolute atomic E-state index is 4.66. The van der Waals surface area contributed by atoms with E-state index >= 15 is 0 Å². The van der Waals surface area contributed by atoms with Crippen LogP contribution in [0.3, 0.4) is 0 Å². The molecule has 3 rings (SSSR count). The van der Waals surface area contributed by atoms with Crippen molar-refractivity contribution in [3.63, 3.8) is 0 Å². The second-order valence-electron chi connectivity index (χ2n) is 6.02. The van der Waals surface area contributed by atoms with Crippen molar-refractivity contribution >= 4 is 11.8 Å². The van der Waals surface area contributed by atoms with Gasteiger partial charge in [0, 0.05) is 19.1 Å². The number of hydrogen-bond donors (Lipinski definition) is 1. The molecule has 0 atom stereocenters. The van der Waals surface area contributed by atoms with Gasteiger partial charge >= 0.3 is 0 Å². The zero-order valence-electron chi connectivity index (χ0n) is 12.2. The van der Waals surface area contributed by atoms with E-state index in [4.69, 9.17) is 0 Å². The number of nitrogens with zero attached hydrogens (tertiary/aromatic N) is 4. The van der Waals surface area contributed by atoms with E-state index in [2.05, 4.69) is 25.4 Å². The number of nitrogens with one attached hydrogen (secondary N) is 1. The predicted octanol–water partition coefficient (Wildman–Crippen LogP) is 3.00. The highest BCUT2D eigenvalue weighted by molar-refractivity contribution is 5.40. The van der Waals surface area contributed by atoms with Crippen molar-refractivity contribution in [1.29, 1.82) is 0 Å². The smallest absolute Gasteiger partial charge is 0.244 e. The van der Waals surface area contributed by atoms with Crippen LogP contribution in [0.25, 0.3) is 0 Å². The SMILES string of the molecule is c1nnc(NC2CCCCCC2)nc1N1CCCCC1. The standard InChI is InChI=1S/C15H25N5/c1-2-5-9-13(8-4-1)17-15-18-14(12-16-19-15)20-10-6-3-7-11-20/h12-13H,1-11H2,(H,17,18,19). The van der Waals surface area contributed by atoms with Gasteiger partial charge in [0.15, 0.2) is 5.82 Å². The third-order valence-corrected chi connectivity index (χ3v) is 4.41. The molecule has 2 heterocycles. The van der Waals surface area contributed by atoms with Crippen LogP contribution >= 0.6 is 0 Å². The van der Waals surface area contributed by atoms with Gasteiger partial charge in [-0.05, 0) is 32.1 Å². The van der Waals surface area contributed by atoms with Crippen LogP contribution in [0, 0.1) is 0 Å². The van der Waals surface area contributed by atoms with E-state index in [1.807, 2.05) is 0 Å². The average Bonchev–Trinajstić information content (AvgIpc) is 2.77. The molecule has 20 heavy (non-hydrogen) atoms. The molecule has 0 amide bonds. The molecular formula is C15H25N5. The molecule has 110 valence electrons. The van der Waals surface area contributed by atoms with Gasteiger partial charge in [-0.1, -0.05) is 25.7 Å². The van der Waals surface area contributed by atoms with E-state index in [-0.39, 0.29) is 0 Å². The van der Waals surface area contributed by atoms with Crippen LogP contribution in [-0.4, -0.2) is 34.3 Å². The highest BCUT2D eigenvalue weighted by Gasteiger charge is 2.16. The lowest BCUT2D eigenvalue weighted by atomic mass is 10.1. The first kappa shape index (κ1) is 13.6. The molecule has 0 spiro atoms. The van der Waals surface area contributed by atoms with E-state index in [9.17, 15) is 0 Å². The summed E-state index contributed by atoms with van der Waals surface area (Å²) in [6, 6.07) is 0.524. The Morgan fingerprint density at radius 3 is 2.40 bits per heavy atom. The molecule has 0 unspecified atom stereocenters. The minimum absolute atomic E-state index is 0.524. The fraction of sp³-hybridized carbons (Fsp3) is 0.800. The summed E-state index contributed by atoms with van der Waals surface area (Å²) in [6.07, 6.45) is 13.5. The lowest BCUT2D eigenvalue weighted by Crippen LogP contribution is -2.31. The fourth-order valence-electron chi connectivity index (χ4n) is 3.24. The average molecular weight is 275 g/mol. The Kier molecular flexibility index (Phi) is 4.66. The fourth-order valence-corrected chi connectivity index (χ4v) is 3.24. The van der Waals surface area contributed by atoms with E-state index in [1.54, 1.807) is 6.20 Å². The van der Waals surface area contributed by atoms with Gasteiger partial charge in [0.2, 0.25) is 5.95 Å². The minimum Gasteiger partial charge on any atom is -0.355 e. The van der Waals surface area contributed by atoms with Crippen molar-refractivity contribution in [2.24, 2.45) is 0 Å². The van der Waals surface area contributed by atoms with Crippen molar-refractivity contribution in [2.45, 2.75) is 63.8 Å². The molecule has 5 nitrogen and oxygen atoms in total. The summed E-state index contributed by atoms with van der Waals surface area (Å²) in [4.78, 5) is 6.99. The summed E-state index contributed by atoms with van der Waals surface area (Å²) in [5, 5.41) is 11.8. The third kappa shape index (κ3) is 3.58. The van der Waals surface area contributed by atoms with Gasteiger partial charge in [0.1, 0.15) is 0 Å². The lowest BCUT2D eigenvalue weighted by Gasteiger charge is -2.27. The zero-order valence-corrected chi connectivity index (χ0v) is 12.2. The van der Waals surface area contributed by atoms with Crippen LogP contribution in [0.4, 0.5) is 11.8 Å². The van der Waals surface area contributed by atoms with Gasteiger partial charge in [-0.15, -0.1) is 5.10 Å². The largest absolute Gasteiger partial charge is 0.355 e. The second-order valence-corrected chi connectivity index (χ2v) is 6.02. The van der Waals surface area contributed by atoms with Gasteiger partial charge in [0.25, 0.3) is 0 Å². The molecule has 0 bridgehead atoms. The highest BCUT2D eigenvalue weighted by Crippen LogP contribution is 2.21. The Morgan fingerprint density at radius 1 is 0.950 bits per heavy atom. The van der Waals surface area contributed by atoms with Crippen LogP contribution in [0.5, 0.6) is 0 Å². The molecule has 0 radical (unpaired) electrons. The number of aromatic nitrogens is 3. The maximum Gasteiger partial charge on any atom is 0.244 e. The second kappa shape index (κ2) is 6.86. The summed E-state index contributed by atoms with van der Waals surface area (Å²) in [6.45, 7) is 2.20. The molecule has 1 N–H and O–H groups in total. The molecule has 1 aliphatic carbocycles. The zero-order chi connectivity index (χ0) is 13.6. The van der Waals surface area contributed by atoms with E-state index in [1.165, 1.54) is 57.8 Å². The van der Waals surface area contributed by atoms with Crippen molar-refractivity contribution in [1.82, 2.24) is 15.2 Å². The number of anilines is 2. The molecule has 5 heteroatoms. The molecule has 2 fully saturated rings. The summed E-state index contributed by atoms with van der Waals surface area (Å²) in [7, 11) is 0. The number of hydrogen-bond acceptors (Lipinski definition) is 5. The lowest BCUT2D eigenvalue weighted by molar-refractivity contribution is 0.570. The molecule has 1 saturated heterocycles. The Morgan fingerprint density at radius 2 is 1.65 bits per heavy atom. The first-order chi connectivity index (χ1) is 9.92. The normalized spacial score (nSPS) is 21.5. The van der Waals surface area contributed by atoms with E-state index in [0.717, 1.165) is 18.9 Å². The summed E-state index contributed by atoms with van der Waals surface area (Å²) in [5.74, 6) is 1.69. The van der Waals surface area contributed by atoms with Crippen LogP contribution in [0.15, 0.2) is 6.20 Å². The van der Waals surface area contributed by atoms with Crippen LogP contribution < -0.4 is 10.2 Å². The Hall–Kier alpha value is -1.39. The number of rotatable bonds is 3. The van der Waals surface area contributed by atoms with Gasteiger partial charge in [-0.25, -0.2) is 0 Å². The first-order valence-corrected chi connectivity index (χ1v) is 8.13. The third-order valence-electron chi connectivity index (χ3n) is 4.41. The molecule has 1 aromatic rings. The van der Waals surface area contributed by atoms with Gasteiger partial charge in [0.05, 0.1) is 6.20 Å². The monoisotopic (exact) mass is 275 g/mol. The van der Waals surface area contributed by atoms with Crippen LogP contribution in [0.1, 0.15) is 57.8 Å². The predicted molar refractivity (Wildman–Crippen MR) is 81.0 cm³/mol. The summed E-state index contributed by atoms with van der Waals surface area (Å²) in [5.41, 5.74) is 0. The molecule has 0 aromatic carbocycles.